The van der Waals surface area contributed by atoms with Crippen molar-refractivity contribution >= 4 is 5.97 Å². The Morgan fingerprint density at radius 3 is 2.56 bits per heavy atom. The molecular formula is C12H12N2O2. The minimum Gasteiger partial charge on any atom is -0.478 e. The zero-order valence-electron chi connectivity index (χ0n) is 9.14. The average molecular weight is 216 g/mol. The second-order valence-corrected chi connectivity index (χ2v) is 3.71. The van der Waals surface area contributed by atoms with Gasteiger partial charge >= 0.3 is 5.97 Å². The van der Waals surface area contributed by atoms with E-state index in [1.54, 1.807) is 23.7 Å². The van der Waals surface area contributed by atoms with Crippen molar-refractivity contribution in [1.82, 2.24) is 9.78 Å². The van der Waals surface area contributed by atoms with Gasteiger partial charge in [0, 0.05) is 6.20 Å². The second-order valence-electron chi connectivity index (χ2n) is 3.71. The number of carboxylic acids is 1. The van der Waals surface area contributed by atoms with E-state index in [0.29, 0.717) is 5.56 Å². The van der Waals surface area contributed by atoms with Gasteiger partial charge < -0.3 is 5.11 Å². The quantitative estimate of drug-likeness (QED) is 0.837. The van der Waals surface area contributed by atoms with Gasteiger partial charge in [0.1, 0.15) is 0 Å². The number of hydrogen-bond donors (Lipinski definition) is 1. The summed E-state index contributed by atoms with van der Waals surface area (Å²) in [4.78, 5) is 10.9. The zero-order valence-corrected chi connectivity index (χ0v) is 9.14. The maximum absolute atomic E-state index is 10.9. The number of carboxylic acid groups (broad SMARTS) is 1. The Hall–Kier alpha value is -2.10. The largest absolute Gasteiger partial charge is 0.478 e. The van der Waals surface area contributed by atoms with E-state index >= 15 is 0 Å². The van der Waals surface area contributed by atoms with Crippen molar-refractivity contribution in [2.45, 2.75) is 13.8 Å². The van der Waals surface area contributed by atoms with E-state index in [4.69, 9.17) is 5.11 Å². The van der Waals surface area contributed by atoms with Gasteiger partial charge in [-0.05, 0) is 43.7 Å². The van der Waals surface area contributed by atoms with Crippen molar-refractivity contribution in [3.05, 3.63) is 47.3 Å². The minimum absolute atomic E-state index is 0.327. The topological polar surface area (TPSA) is 55.1 Å². The van der Waals surface area contributed by atoms with Crippen LogP contribution in [0.5, 0.6) is 0 Å². The maximum Gasteiger partial charge on any atom is 0.335 e. The van der Waals surface area contributed by atoms with Crippen LogP contribution in [-0.2, 0) is 0 Å². The van der Waals surface area contributed by atoms with Crippen molar-refractivity contribution in [2.24, 2.45) is 0 Å². The molecule has 0 saturated carbocycles. The van der Waals surface area contributed by atoms with Gasteiger partial charge in [0.2, 0.25) is 0 Å². The molecule has 0 aliphatic carbocycles. The number of aromatic carboxylic acids is 1. The molecule has 0 spiro atoms. The smallest absolute Gasteiger partial charge is 0.335 e. The third kappa shape index (κ3) is 1.82. The second kappa shape index (κ2) is 3.81. The van der Waals surface area contributed by atoms with Crippen molar-refractivity contribution in [1.29, 1.82) is 0 Å². The van der Waals surface area contributed by atoms with Crippen molar-refractivity contribution in [2.75, 3.05) is 0 Å². The SMILES string of the molecule is Cc1ccn(-c2ccc(C(=O)O)c(C)c2)n1. The Balaban J connectivity index is 2.45. The van der Waals surface area contributed by atoms with Crippen LogP contribution in [0.3, 0.4) is 0 Å². The van der Waals surface area contributed by atoms with E-state index in [9.17, 15) is 4.79 Å². The fraction of sp³-hybridized carbons (Fsp3) is 0.167. The third-order valence-electron chi connectivity index (χ3n) is 2.43. The molecule has 1 aromatic carbocycles. The molecular weight excluding hydrogens is 204 g/mol. The fourth-order valence-electron chi connectivity index (χ4n) is 1.59. The van der Waals surface area contributed by atoms with Gasteiger partial charge in [-0.1, -0.05) is 0 Å². The van der Waals surface area contributed by atoms with Crippen LogP contribution in [0.25, 0.3) is 5.69 Å². The molecule has 0 radical (unpaired) electrons. The van der Waals surface area contributed by atoms with Crippen LogP contribution >= 0.6 is 0 Å². The van der Waals surface area contributed by atoms with Gasteiger partial charge in [-0.25, -0.2) is 9.48 Å². The van der Waals surface area contributed by atoms with Crippen LogP contribution in [-0.4, -0.2) is 20.9 Å². The normalized spacial score (nSPS) is 10.4. The van der Waals surface area contributed by atoms with E-state index in [1.165, 1.54) is 0 Å². The highest BCUT2D eigenvalue weighted by atomic mass is 16.4. The predicted octanol–water partition coefficient (Wildman–Crippen LogP) is 2.19. The molecule has 1 aromatic heterocycles. The Bertz CT molecular complexity index is 544. The van der Waals surface area contributed by atoms with Crippen LogP contribution in [0, 0.1) is 13.8 Å². The van der Waals surface area contributed by atoms with E-state index < -0.39 is 5.97 Å². The molecule has 0 aliphatic rings. The summed E-state index contributed by atoms with van der Waals surface area (Å²) in [5.74, 6) is -0.902. The molecule has 0 amide bonds. The standard InChI is InChI=1S/C12H12N2O2/c1-8-7-10(3-4-11(8)12(15)16)14-6-5-9(2)13-14/h3-7H,1-2H3,(H,15,16). The lowest BCUT2D eigenvalue weighted by Gasteiger charge is -2.05. The molecule has 0 saturated heterocycles. The molecule has 0 unspecified atom stereocenters. The summed E-state index contributed by atoms with van der Waals surface area (Å²) in [5.41, 5.74) is 2.86. The van der Waals surface area contributed by atoms with Crippen LogP contribution < -0.4 is 0 Å². The molecule has 1 N–H and O–H groups in total. The highest BCUT2D eigenvalue weighted by Gasteiger charge is 2.08. The lowest BCUT2D eigenvalue weighted by atomic mass is 10.1. The molecule has 4 nitrogen and oxygen atoms in total. The number of nitrogens with zero attached hydrogens (tertiary/aromatic N) is 2. The zero-order chi connectivity index (χ0) is 11.7. The lowest BCUT2D eigenvalue weighted by Crippen LogP contribution is -2.02. The van der Waals surface area contributed by atoms with E-state index in [2.05, 4.69) is 5.10 Å². The van der Waals surface area contributed by atoms with Crippen molar-refractivity contribution < 1.29 is 9.90 Å². The van der Waals surface area contributed by atoms with E-state index in [0.717, 1.165) is 16.9 Å². The maximum atomic E-state index is 10.9. The van der Waals surface area contributed by atoms with Crippen molar-refractivity contribution in [3.63, 3.8) is 0 Å². The number of hydrogen-bond acceptors (Lipinski definition) is 2. The molecule has 2 aromatic rings. The number of rotatable bonds is 2. The fourth-order valence-corrected chi connectivity index (χ4v) is 1.59. The molecule has 2 rings (SSSR count). The van der Waals surface area contributed by atoms with Crippen molar-refractivity contribution in [3.8, 4) is 5.69 Å². The molecule has 0 fully saturated rings. The summed E-state index contributed by atoms with van der Waals surface area (Å²) in [6.45, 7) is 3.69. The van der Waals surface area contributed by atoms with E-state index in [1.807, 2.05) is 25.3 Å². The first-order chi connectivity index (χ1) is 7.58. The minimum atomic E-state index is -0.902. The summed E-state index contributed by atoms with van der Waals surface area (Å²) >= 11 is 0. The number of aryl methyl sites for hydroxylation is 2. The van der Waals surface area contributed by atoms with Crippen LogP contribution in [0.1, 0.15) is 21.6 Å². The number of carbonyl (C=O) groups is 1. The first-order valence-corrected chi connectivity index (χ1v) is 4.94. The Labute approximate surface area is 93.1 Å². The third-order valence-corrected chi connectivity index (χ3v) is 2.43. The summed E-state index contributed by atoms with van der Waals surface area (Å²) in [6.07, 6.45) is 1.85. The number of aromatic nitrogens is 2. The van der Waals surface area contributed by atoms with E-state index in [-0.39, 0.29) is 0 Å². The first kappa shape index (κ1) is 10.4. The van der Waals surface area contributed by atoms with Gasteiger partial charge in [0.05, 0.1) is 16.9 Å². The van der Waals surface area contributed by atoms with Gasteiger partial charge in [-0.2, -0.15) is 5.10 Å². The number of benzene rings is 1. The monoisotopic (exact) mass is 216 g/mol. The first-order valence-electron chi connectivity index (χ1n) is 4.94. The van der Waals surface area contributed by atoms with Gasteiger partial charge in [-0.3, -0.25) is 0 Å². The summed E-state index contributed by atoms with van der Waals surface area (Å²) in [6, 6.07) is 7.07. The molecule has 0 aliphatic heterocycles. The molecule has 16 heavy (non-hydrogen) atoms. The molecule has 1 heterocycles. The Kier molecular flexibility index (Phi) is 2.48. The molecule has 4 heteroatoms. The summed E-state index contributed by atoms with van der Waals surface area (Å²) in [5, 5.41) is 13.2. The van der Waals surface area contributed by atoms with Crippen LogP contribution in [0.4, 0.5) is 0 Å². The Morgan fingerprint density at radius 1 is 1.31 bits per heavy atom. The predicted molar refractivity (Wildman–Crippen MR) is 60.0 cm³/mol. The summed E-state index contributed by atoms with van der Waals surface area (Å²) in [7, 11) is 0. The average Bonchev–Trinajstić information content (AvgIpc) is 2.64. The summed E-state index contributed by atoms with van der Waals surface area (Å²) < 4.78 is 1.73. The van der Waals surface area contributed by atoms with Crippen LogP contribution in [0.2, 0.25) is 0 Å². The van der Waals surface area contributed by atoms with Crippen LogP contribution in [0.15, 0.2) is 30.5 Å². The lowest BCUT2D eigenvalue weighted by molar-refractivity contribution is 0.0696. The highest BCUT2D eigenvalue weighted by molar-refractivity contribution is 5.89. The van der Waals surface area contributed by atoms with Gasteiger partial charge in [0.25, 0.3) is 0 Å². The molecule has 0 atom stereocenters. The van der Waals surface area contributed by atoms with Gasteiger partial charge in [-0.15, -0.1) is 0 Å². The highest BCUT2D eigenvalue weighted by Crippen LogP contribution is 2.14. The van der Waals surface area contributed by atoms with Gasteiger partial charge in [0.15, 0.2) is 0 Å². The Morgan fingerprint density at radius 2 is 2.06 bits per heavy atom. The molecule has 82 valence electrons. The molecule has 0 bridgehead atoms.